The quantitative estimate of drug-likeness (QED) is 0.601. The molecule has 1 aliphatic rings. The number of fused-ring (bicyclic) bond motifs is 1. The van der Waals surface area contributed by atoms with Crippen molar-refractivity contribution < 1.29 is 9.59 Å². The predicted molar refractivity (Wildman–Crippen MR) is 58.5 cm³/mol. The van der Waals surface area contributed by atoms with Crippen molar-refractivity contribution in [1.29, 1.82) is 0 Å². The molecule has 5 heteroatoms. The van der Waals surface area contributed by atoms with E-state index in [1.54, 1.807) is 11.6 Å². The van der Waals surface area contributed by atoms with Crippen molar-refractivity contribution in [2.24, 2.45) is 7.05 Å². The molecule has 15 heavy (non-hydrogen) atoms. The Morgan fingerprint density at radius 2 is 2.00 bits per heavy atom. The molecule has 78 valence electrons. The van der Waals surface area contributed by atoms with Crippen LogP contribution in [-0.4, -0.2) is 26.4 Å². The number of alkyl halides is 1. The molecule has 1 aromatic heterocycles. The molecule has 4 nitrogen and oxygen atoms in total. The van der Waals surface area contributed by atoms with Crippen molar-refractivity contribution in [3.05, 3.63) is 29.4 Å². The van der Waals surface area contributed by atoms with Crippen LogP contribution in [0.1, 0.15) is 26.8 Å². The van der Waals surface area contributed by atoms with E-state index in [-0.39, 0.29) is 17.3 Å². The average Bonchev–Trinajstić information content (AvgIpc) is 2.53. The highest BCUT2D eigenvalue weighted by atomic mass is 79.9. The summed E-state index contributed by atoms with van der Waals surface area (Å²) in [6.45, 7) is 0. The first kappa shape index (κ1) is 10.3. The number of aryl methyl sites for hydroxylation is 1. The maximum atomic E-state index is 11.6. The highest BCUT2D eigenvalue weighted by Crippen LogP contribution is 2.17. The lowest BCUT2D eigenvalue weighted by molar-refractivity contribution is 0.0987. The van der Waals surface area contributed by atoms with E-state index in [1.165, 1.54) is 12.2 Å². The molecule has 0 amide bonds. The summed E-state index contributed by atoms with van der Waals surface area (Å²) in [5.74, 6) is 0.406. The second-order valence-corrected chi connectivity index (χ2v) is 4.08. The van der Waals surface area contributed by atoms with Gasteiger partial charge in [-0.25, -0.2) is 4.98 Å². The predicted octanol–water partition coefficient (Wildman–Crippen LogP) is 1.29. The van der Waals surface area contributed by atoms with Crippen LogP contribution in [0.3, 0.4) is 0 Å². The third kappa shape index (κ3) is 1.56. The zero-order valence-electron chi connectivity index (χ0n) is 8.16. The normalized spacial score (nSPS) is 14.5. The molecular weight excluding hydrogens is 261 g/mol. The average molecular weight is 270 g/mol. The van der Waals surface area contributed by atoms with E-state index in [1.807, 2.05) is 0 Å². The Balaban J connectivity index is 2.57. The highest BCUT2D eigenvalue weighted by Gasteiger charge is 2.26. The van der Waals surface area contributed by atoms with Crippen LogP contribution in [0.4, 0.5) is 0 Å². The second kappa shape index (κ2) is 3.73. The van der Waals surface area contributed by atoms with Gasteiger partial charge in [-0.3, -0.25) is 9.59 Å². The minimum Gasteiger partial charge on any atom is -0.328 e. The number of hydrogen-bond donors (Lipinski definition) is 0. The molecule has 2 rings (SSSR count). The summed E-state index contributed by atoms with van der Waals surface area (Å²) >= 11 is 3.30. The van der Waals surface area contributed by atoms with Gasteiger partial charge in [0.1, 0.15) is 17.2 Å². The highest BCUT2D eigenvalue weighted by molar-refractivity contribution is 9.09. The van der Waals surface area contributed by atoms with Crippen LogP contribution in [0.15, 0.2) is 12.2 Å². The molecule has 0 atom stereocenters. The number of carbonyl (C=O) groups excluding carboxylic acids is 2. The largest absolute Gasteiger partial charge is 0.328 e. The fraction of sp³-hybridized carbons (Fsp3) is 0.300. The van der Waals surface area contributed by atoms with Gasteiger partial charge in [-0.1, -0.05) is 15.9 Å². The van der Waals surface area contributed by atoms with Gasteiger partial charge in [0.25, 0.3) is 0 Å². The zero-order chi connectivity index (χ0) is 11.0. The van der Waals surface area contributed by atoms with Crippen molar-refractivity contribution in [1.82, 2.24) is 9.55 Å². The van der Waals surface area contributed by atoms with E-state index < -0.39 is 0 Å². The first-order valence-electron chi connectivity index (χ1n) is 4.53. The van der Waals surface area contributed by atoms with E-state index in [0.29, 0.717) is 12.1 Å². The summed E-state index contributed by atoms with van der Waals surface area (Å²) in [5.41, 5.74) is 0.680. The molecule has 0 aromatic carbocycles. The van der Waals surface area contributed by atoms with Crippen molar-refractivity contribution in [2.45, 2.75) is 6.42 Å². The number of hydrogen-bond acceptors (Lipinski definition) is 3. The lowest BCUT2D eigenvalue weighted by atomic mass is 10.1. The third-order valence-electron chi connectivity index (χ3n) is 2.36. The Morgan fingerprint density at radius 1 is 1.33 bits per heavy atom. The van der Waals surface area contributed by atoms with Crippen LogP contribution >= 0.6 is 15.9 Å². The van der Waals surface area contributed by atoms with Crippen molar-refractivity contribution in [2.75, 3.05) is 5.33 Å². The molecular formula is C10H9BrN2O2. The second-order valence-electron chi connectivity index (χ2n) is 3.29. The van der Waals surface area contributed by atoms with Crippen LogP contribution in [0.2, 0.25) is 0 Å². The van der Waals surface area contributed by atoms with Gasteiger partial charge in [0.2, 0.25) is 11.6 Å². The summed E-state index contributed by atoms with van der Waals surface area (Å²) in [5, 5.41) is 0.756. The van der Waals surface area contributed by atoms with Crippen LogP contribution in [0.5, 0.6) is 0 Å². The Kier molecular flexibility index (Phi) is 2.56. The van der Waals surface area contributed by atoms with E-state index >= 15 is 0 Å². The molecule has 0 N–H and O–H groups in total. The fourth-order valence-corrected chi connectivity index (χ4v) is 1.97. The van der Waals surface area contributed by atoms with Crippen molar-refractivity contribution >= 4 is 27.5 Å². The standard InChI is InChI=1S/C10H9BrN2O2/c1-13-8(4-5-11)12-9-6(14)2-3-7(15)10(9)13/h2-3H,4-5H2,1H3/i4+1. The third-order valence-corrected chi connectivity index (χ3v) is 2.76. The number of aromatic nitrogens is 2. The van der Waals surface area contributed by atoms with Gasteiger partial charge in [-0.15, -0.1) is 0 Å². The molecule has 0 spiro atoms. The summed E-state index contributed by atoms with van der Waals surface area (Å²) < 4.78 is 1.69. The lowest BCUT2D eigenvalue weighted by Gasteiger charge is -2.04. The zero-order valence-corrected chi connectivity index (χ0v) is 9.74. The van der Waals surface area contributed by atoms with E-state index in [4.69, 9.17) is 0 Å². The Bertz CT molecular complexity index is 474. The van der Waals surface area contributed by atoms with Crippen LogP contribution in [0.25, 0.3) is 0 Å². The number of ketones is 2. The topological polar surface area (TPSA) is 52.0 Å². The van der Waals surface area contributed by atoms with Gasteiger partial charge >= 0.3 is 0 Å². The van der Waals surface area contributed by atoms with Gasteiger partial charge in [0.15, 0.2) is 0 Å². The van der Waals surface area contributed by atoms with Crippen LogP contribution in [-0.2, 0) is 13.5 Å². The first-order valence-corrected chi connectivity index (χ1v) is 5.65. The van der Waals surface area contributed by atoms with Crippen LogP contribution in [0, 0.1) is 0 Å². The molecule has 0 radical (unpaired) electrons. The van der Waals surface area contributed by atoms with Crippen LogP contribution < -0.4 is 0 Å². The maximum absolute atomic E-state index is 11.6. The minimum atomic E-state index is -0.193. The fourth-order valence-electron chi connectivity index (χ4n) is 1.62. The smallest absolute Gasteiger partial charge is 0.206 e. The Hall–Kier alpha value is -1.23. The van der Waals surface area contributed by atoms with Crippen molar-refractivity contribution in [3.8, 4) is 0 Å². The summed E-state index contributed by atoms with van der Waals surface area (Å²) in [6.07, 6.45) is 3.27. The number of carbonyl (C=O) groups is 2. The number of rotatable bonds is 2. The monoisotopic (exact) mass is 269 g/mol. The summed E-state index contributed by atoms with van der Waals surface area (Å²) in [7, 11) is 1.76. The van der Waals surface area contributed by atoms with E-state index in [2.05, 4.69) is 20.9 Å². The molecule has 1 heterocycles. The van der Waals surface area contributed by atoms with Crippen molar-refractivity contribution in [3.63, 3.8) is 0 Å². The Labute approximate surface area is 95.1 Å². The minimum absolute atomic E-state index is 0.152. The maximum Gasteiger partial charge on any atom is 0.206 e. The number of allylic oxidation sites excluding steroid dienone is 2. The molecule has 1 aliphatic carbocycles. The van der Waals surface area contributed by atoms with Gasteiger partial charge in [-0.2, -0.15) is 0 Å². The molecule has 0 saturated heterocycles. The van der Waals surface area contributed by atoms with E-state index in [9.17, 15) is 9.59 Å². The number of halogens is 1. The SMILES string of the molecule is Cn1c([13CH2]CBr)nc2c1C(=O)C=CC2=O. The molecule has 0 fully saturated rings. The molecule has 0 aliphatic heterocycles. The number of nitrogens with zero attached hydrogens (tertiary/aromatic N) is 2. The molecule has 1 aromatic rings. The summed E-state index contributed by atoms with van der Waals surface area (Å²) in [6, 6.07) is 0. The van der Waals surface area contributed by atoms with Gasteiger partial charge in [0, 0.05) is 18.8 Å². The molecule has 0 bridgehead atoms. The first-order chi connectivity index (χ1) is 7.15. The van der Waals surface area contributed by atoms with E-state index in [0.717, 1.165) is 11.2 Å². The van der Waals surface area contributed by atoms with Gasteiger partial charge < -0.3 is 4.57 Å². The van der Waals surface area contributed by atoms with Gasteiger partial charge in [0.05, 0.1) is 0 Å². The lowest BCUT2D eigenvalue weighted by Crippen LogP contribution is -2.14. The Morgan fingerprint density at radius 3 is 2.60 bits per heavy atom. The van der Waals surface area contributed by atoms with Gasteiger partial charge in [-0.05, 0) is 12.2 Å². The molecule has 0 saturated carbocycles. The molecule has 0 unspecified atom stereocenters. The summed E-state index contributed by atoms with van der Waals surface area (Å²) in [4.78, 5) is 27.2. The number of imidazole rings is 1.